The summed E-state index contributed by atoms with van der Waals surface area (Å²) in [5, 5.41) is 7.93. The van der Waals surface area contributed by atoms with Crippen LogP contribution in [0.3, 0.4) is 0 Å². The van der Waals surface area contributed by atoms with Crippen LogP contribution in [0.4, 0.5) is 11.1 Å². The van der Waals surface area contributed by atoms with E-state index in [1.807, 2.05) is 0 Å². The minimum absolute atomic E-state index is 0.0387. The predicted octanol–water partition coefficient (Wildman–Crippen LogP) is 2.11. The predicted molar refractivity (Wildman–Crippen MR) is 108 cm³/mol. The van der Waals surface area contributed by atoms with Crippen molar-refractivity contribution < 1.29 is 14.0 Å². The fourth-order valence-corrected chi connectivity index (χ4v) is 3.89. The molecule has 1 aliphatic heterocycles. The summed E-state index contributed by atoms with van der Waals surface area (Å²) in [6.45, 7) is 1.55. The summed E-state index contributed by atoms with van der Waals surface area (Å²) in [5.74, 6) is 0.428. The third kappa shape index (κ3) is 4.96. The summed E-state index contributed by atoms with van der Waals surface area (Å²) in [6, 6.07) is 5.04. The number of nitrogens with zero attached hydrogens (tertiary/aromatic N) is 4. The molecule has 1 atom stereocenters. The summed E-state index contributed by atoms with van der Waals surface area (Å²) in [5.41, 5.74) is 0.612. The quantitative estimate of drug-likeness (QED) is 0.637. The molecule has 1 saturated heterocycles. The highest BCUT2D eigenvalue weighted by molar-refractivity contribution is 7.14. The highest BCUT2D eigenvalue weighted by Gasteiger charge is 2.23. The number of amides is 2. The van der Waals surface area contributed by atoms with Crippen LogP contribution in [0, 0.1) is 0 Å². The van der Waals surface area contributed by atoms with E-state index in [2.05, 4.69) is 30.5 Å². The molecule has 0 aliphatic carbocycles. The molecule has 1 aliphatic rings. The molecular weight excluding hydrogens is 392 g/mol. The van der Waals surface area contributed by atoms with Crippen LogP contribution in [0.15, 0.2) is 46.7 Å². The van der Waals surface area contributed by atoms with E-state index in [1.54, 1.807) is 36.0 Å². The molecule has 2 amide bonds. The van der Waals surface area contributed by atoms with Gasteiger partial charge in [0.25, 0.3) is 5.91 Å². The normalized spacial score (nSPS) is 16.4. The van der Waals surface area contributed by atoms with E-state index in [9.17, 15) is 9.59 Å². The molecule has 29 heavy (non-hydrogen) atoms. The summed E-state index contributed by atoms with van der Waals surface area (Å²) >= 11 is 1.27. The van der Waals surface area contributed by atoms with Crippen LogP contribution in [0.25, 0.3) is 0 Å². The highest BCUT2D eigenvalue weighted by atomic mass is 32.1. The SMILES string of the molecule is O=C(Cc1csc(NC(=O)c2ccco2)n1)NC1CCCN(c2ncccn2)C1. The topological polar surface area (TPSA) is 113 Å². The maximum atomic E-state index is 12.4. The second-order valence-corrected chi connectivity index (χ2v) is 7.51. The largest absolute Gasteiger partial charge is 0.459 e. The van der Waals surface area contributed by atoms with Gasteiger partial charge in [-0.1, -0.05) is 0 Å². The first-order valence-electron chi connectivity index (χ1n) is 9.28. The molecule has 150 valence electrons. The zero-order chi connectivity index (χ0) is 20.1. The lowest BCUT2D eigenvalue weighted by atomic mass is 10.1. The van der Waals surface area contributed by atoms with Crippen LogP contribution in [0.5, 0.6) is 0 Å². The number of hydrogen-bond acceptors (Lipinski definition) is 8. The molecule has 9 nitrogen and oxygen atoms in total. The van der Waals surface area contributed by atoms with Crippen LogP contribution in [-0.2, 0) is 11.2 Å². The van der Waals surface area contributed by atoms with Gasteiger partial charge in [0.2, 0.25) is 11.9 Å². The summed E-state index contributed by atoms with van der Waals surface area (Å²) in [4.78, 5) is 39.4. The minimum Gasteiger partial charge on any atom is -0.459 e. The number of piperidine rings is 1. The standard InChI is InChI=1S/C19H20N6O3S/c26-16(22-13-4-1-8-25(11-13)18-20-6-3-7-21-18)10-14-12-29-19(23-14)24-17(27)15-5-2-9-28-15/h2-3,5-7,9,12-13H,1,4,8,10-11H2,(H,22,26)(H,23,24,27). The first kappa shape index (κ1) is 19.1. The van der Waals surface area contributed by atoms with E-state index in [0.29, 0.717) is 23.3 Å². The lowest BCUT2D eigenvalue weighted by Crippen LogP contribution is -2.48. The molecule has 0 bridgehead atoms. The molecule has 4 heterocycles. The first-order chi connectivity index (χ1) is 14.2. The molecule has 0 radical (unpaired) electrons. The van der Waals surface area contributed by atoms with E-state index < -0.39 is 0 Å². The Hall–Kier alpha value is -3.27. The van der Waals surface area contributed by atoms with Gasteiger partial charge in [0, 0.05) is 36.9 Å². The van der Waals surface area contributed by atoms with Crippen molar-refractivity contribution >= 4 is 34.2 Å². The Morgan fingerprint density at radius 1 is 1.28 bits per heavy atom. The molecule has 1 unspecified atom stereocenters. The van der Waals surface area contributed by atoms with Gasteiger partial charge in [-0.15, -0.1) is 11.3 Å². The van der Waals surface area contributed by atoms with Gasteiger partial charge in [-0.2, -0.15) is 0 Å². The maximum Gasteiger partial charge on any atom is 0.293 e. The molecule has 3 aromatic heterocycles. The van der Waals surface area contributed by atoms with Crippen molar-refractivity contribution in [2.45, 2.75) is 25.3 Å². The third-order valence-electron chi connectivity index (χ3n) is 4.48. The van der Waals surface area contributed by atoms with Crippen molar-refractivity contribution in [3.63, 3.8) is 0 Å². The van der Waals surface area contributed by atoms with Crippen molar-refractivity contribution in [3.05, 3.63) is 53.7 Å². The van der Waals surface area contributed by atoms with Crippen LogP contribution < -0.4 is 15.5 Å². The second-order valence-electron chi connectivity index (χ2n) is 6.65. The van der Waals surface area contributed by atoms with Crippen molar-refractivity contribution in [1.29, 1.82) is 0 Å². The van der Waals surface area contributed by atoms with Gasteiger partial charge in [-0.25, -0.2) is 15.0 Å². The smallest absolute Gasteiger partial charge is 0.293 e. The van der Waals surface area contributed by atoms with Crippen LogP contribution in [0.1, 0.15) is 29.1 Å². The zero-order valence-corrected chi connectivity index (χ0v) is 16.4. The summed E-state index contributed by atoms with van der Waals surface area (Å²) < 4.78 is 5.05. The van der Waals surface area contributed by atoms with Gasteiger partial charge in [0.15, 0.2) is 10.9 Å². The Bertz CT molecular complexity index is 960. The van der Waals surface area contributed by atoms with Crippen molar-refractivity contribution in [2.75, 3.05) is 23.3 Å². The van der Waals surface area contributed by atoms with Gasteiger partial charge in [0.1, 0.15) is 0 Å². The number of hydrogen-bond donors (Lipinski definition) is 2. The molecule has 4 rings (SSSR count). The Labute approximate surface area is 171 Å². The fraction of sp³-hybridized carbons (Fsp3) is 0.316. The van der Waals surface area contributed by atoms with Gasteiger partial charge in [-0.3, -0.25) is 14.9 Å². The molecule has 3 aromatic rings. The lowest BCUT2D eigenvalue weighted by molar-refractivity contribution is -0.121. The first-order valence-corrected chi connectivity index (χ1v) is 10.2. The van der Waals surface area contributed by atoms with Gasteiger partial charge in [0.05, 0.1) is 18.4 Å². The molecule has 1 fully saturated rings. The number of aromatic nitrogens is 3. The molecule has 10 heteroatoms. The number of thiazole rings is 1. The third-order valence-corrected chi connectivity index (χ3v) is 5.29. The summed E-state index contributed by atoms with van der Waals surface area (Å²) in [7, 11) is 0. The molecule has 0 saturated carbocycles. The van der Waals surface area contributed by atoms with E-state index in [1.165, 1.54) is 17.6 Å². The fourth-order valence-electron chi connectivity index (χ4n) is 3.19. The van der Waals surface area contributed by atoms with Crippen molar-refractivity contribution in [3.8, 4) is 0 Å². The van der Waals surface area contributed by atoms with Gasteiger partial charge in [-0.05, 0) is 31.0 Å². The minimum atomic E-state index is -0.370. The lowest BCUT2D eigenvalue weighted by Gasteiger charge is -2.33. The second kappa shape index (κ2) is 8.82. The van der Waals surface area contributed by atoms with Gasteiger partial charge >= 0.3 is 0 Å². The zero-order valence-electron chi connectivity index (χ0n) is 15.6. The monoisotopic (exact) mass is 412 g/mol. The molecule has 0 spiro atoms. The van der Waals surface area contributed by atoms with Crippen molar-refractivity contribution in [2.24, 2.45) is 0 Å². The van der Waals surface area contributed by atoms with Crippen molar-refractivity contribution in [1.82, 2.24) is 20.3 Å². The molecule has 0 aromatic carbocycles. The summed E-state index contributed by atoms with van der Waals surface area (Å²) in [6.07, 6.45) is 6.90. The Morgan fingerprint density at radius 3 is 2.93 bits per heavy atom. The van der Waals surface area contributed by atoms with E-state index in [0.717, 1.165) is 19.4 Å². The highest BCUT2D eigenvalue weighted by Crippen LogP contribution is 2.18. The van der Waals surface area contributed by atoms with Gasteiger partial charge < -0.3 is 14.6 Å². The molecule has 2 N–H and O–H groups in total. The Kier molecular flexibility index (Phi) is 5.80. The van der Waals surface area contributed by atoms with E-state index in [4.69, 9.17) is 4.42 Å². The number of carbonyl (C=O) groups excluding carboxylic acids is 2. The molecular formula is C19H20N6O3S. The van der Waals surface area contributed by atoms with E-state index in [-0.39, 0.29) is 30.0 Å². The number of nitrogens with one attached hydrogen (secondary N) is 2. The number of anilines is 2. The number of rotatable bonds is 6. The Morgan fingerprint density at radius 2 is 2.14 bits per heavy atom. The van der Waals surface area contributed by atoms with Crippen LogP contribution in [-0.4, -0.2) is 45.9 Å². The van der Waals surface area contributed by atoms with Crippen LogP contribution >= 0.6 is 11.3 Å². The average molecular weight is 412 g/mol. The number of furan rings is 1. The maximum absolute atomic E-state index is 12.4. The number of carbonyl (C=O) groups is 2. The van der Waals surface area contributed by atoms with E-state index >= 15 is 0 Å². The Balaban J connectivity index is 1.28. The van der Waals surface area contributed by atoms with Crippen LogP contribution in [0.2, 0.25) is 0 Å². The average Bonchev–Trinajstić information content (AvgIpc) is 3.41.